The summed E-state index contributed by atoms with van der Waals surface area (Å²) in [7, 11) is 0. The quantitative estimate of drug-likeness (QED) is 0.230. The fourth-order valence-electron chi connectivity index (χ4n) is 6.81. The number of nitrogens with zero attached hydrogens (tertiary/aromatic N) is 2. The van der Waals surface area contributed by atoms with Crippen LogP contribution in [-0.2, 0) is 19.1 Å². The lowest BCUT2D eigenvalue weighted by atomic mass is 9.70. The number of hydrogen-bond acceptors (Lipinski definition) is 5. The predicted octanol–water partition coefficient (Wildman–Crippen LogP) is 3.21. The molecule has 1 unspecified atom stereocenters. The molecule has 0 saturated carbocycles. The number of fused-ring (bicyclic) bond motifs is 1. The van der Waals surface area contributed by atoms with Gasteiger partial charge in [0.05, 0.1) is 17.9 Å². The molecule has 2 N–H and O–H groups in total. The van der Waals surface area contributed by atoms with Gasteiger partial charge in [-0.3, -0.25) is 14.4 Å². The molecule has 3 aliphatic heterocycles. The minimum absolute atomic E-state index is 0.0445. The van der Waals surface area contributed by atoms with E-state index in [2.05, 4.69) is 43.3 Å². The lowest BCUT2D eigenvalue weighted by Crippen LogP contribution is -2.61. The molecule has 8 nitrogen and oxygen atoms in total. The van der Waals surface area contributed by atoms with Gasteiger partial charge in [0, 0.05) is 30.1 Å². The van der Waals surface area contributed by atoms with Crippen molar-refractivity contribution >= 4 is 33.7 Å². The number of rotatable bonds is 11. The predicted molar refractivity (Wildman–Crippen MR) is 136 cm³/mol. The maximum Gasteiger partial charge on any atom is 0.310 e. The summed E-state index contributed by atoms with van der Waals surface area (Å²) in [6.07, 6.45) is 4.11. The highest BCUT2D eigenvalue weighted by molar-refractivity contribution is 9.09. The van der Waals surface area contributed by atoms with E-state index in [-0.39, 0.29) is 28.7 Å². The molecule has 0 aliphatic carbocycles. The number of likely N-dealkylation sites (tertiary alicyclic amines) is 1. The lowest BCUT2D eigenvalue weighted by molar-refractivity contribution is -0.153. The van der Waals surface area contributed by atoms with Crippen molar-refractivity contribution in [1.82, 2.24) is 9.80 Å². The van der Waals surface area contributed by atoms with Gasteiger partial charge in [0.2, 0.25) is 11.8 Å². The molecule has 1 spiro atoms. The molecule has 0 aromatic carbocycles. The fourth-order valence-corrected chi connectivity index (χ4v) is 7.75. The van der Waals surface area contributed by atoms with Crippen molar-refractivity contribution in [3.63, 3.8) is 0 Å². The standard InChI is InChI=1S/C26H41BrN2O6/c1-7-11-29(25(5,6)15-24(2,3)4)22(32)20-26-14-16(27)19(35-26)17(23(33)34)18(26)21(31)28(20)12-9-8-10-13-30/h7,16-20,30H,1,8-15H2,2-6H3,(H,33,34)/t16?,17-,18+,19-,20-,26+/m0/s1. The Hall–Kier alpha value is -1.45. The van der Waals surface area contributed by atoms with Gasteiger partial charge in [-0.05, 0) is 51.4 Å². The Labute approximate surface area is 217 Å². The molecular formula is C26H41BrN2O6. The summed E-state index contributed by atoms with van der Waals surface area (Å²) in [6, 6.07) is -0.900. The molecule has 2 bridgehead atoms. The Balaban J connectivity index is 2.05. The van der Waals surface area contributed by atoms with Crippen molar-refractivity contribution < 1.29 is 29.3 Å². The zero-order valence-electron chi connectivity index (χ0n) is 21.6. The zero-order chi connectivity index (χ0) is 26.3. The van der Waals surface area contributed by atoms with Crippen molar-refractivity contribution in [2.75, 3.05) is 19.7 Å². The third-order valence-electron chi connectivity index (χ3n) is 7.64. The molecule has 0 radical (unpaired) electrons. The van der Waals surface area contributed by atoms with Gasteiger partial charge in [-0.25, -0.2) is 0 Å². The molecule has 0 aromatic heterocycles. The van der Waals surface area contributed by atoms with E-state index in [0.717, 1.165) is 6.42 Å². The summed E-state index contributed by atoms with van der Waals surface area (Å²) in [5.74, 6) is -3.48. The number of carbonyl (C=O) groups is 3. The van der Waals surface area contributed by atoms with Gasteiger partial charge < -0.3 is 24.7 Å². The summed E-state index contributed by atoms with van der Waals surface area (Å²) in [5.41, 5.74) is -1.75. The fraction of sp³-hybridized carbons (Fsp3) is 0.808. The highest BCUT2D eigenvalue weighted by Crippen LogP contribution is 2.60. The van der Waals surface area contributed by atoms with Crippen LogP contribution in [0.2, 0.25) is 0 Å². The van der Waals surface area contributed by atoms with E-state index in [4.69, 9.17) is 9.84 Å². The zero-order valence-corrected chi connectivity index (χ0v) is 23.2. The van der Waals surface area contributed by atoms with Gasteiger partial charge in [-0.15, -0.1) is 6.58 Å². The van der Waals surface area contributed by atoms with Gasteiger partial charge in [0.1, 0.15) is 11.6 Å². The van der Waals surface area contributed by atoms with Crippen LogP contribution in [0.1, 0.15) is 66.7 Å². The van der Waals surface area contributed by atoms with Crippen LogP contribution >= 0.6 is 15.9 Å². The number of aliphatic carboxylic acids is 1. The van der Waals surface area contributed by atoms with E-state index in [1.807, 2.05) is 13.8 Å². The molecule has 9 heteroatoms. The van der Waals surface area contributed by atoms with E-state index in [0.29, 0.717) is 38.8 Å². The first-order chi connectivity index (χ1) is 16.2. The van der Waals surface area contributed by atoms with Crippen molar-refractivity contribution in [2.45, 2.75) is 94.8 Å². The average molecular weight is 558 g/mol. The van der Waals surface area contributed by atoms with Gasteiger partial charge in [0.25, 0.3) is 0 Å². The van der Waals surface area contributed by atoms with Crippen LogP contribution in [0.25, 0.3) is 0 Å². The normalized spacial score (nSPS) is 32.1. The third kappa shape index (κ3) is 5.05. The van der Waals surface area contributed by atoms with Crippen LogP contribution in [0, 0.1) is 17.3 Å². The number of hydrogen-bond donors (Lipinski definition) is 2. The second-order valence-electron chi connectivity index (χ2n) is 12.1. The van der Waals surface area contributed by atoms with Crippen molar-refractivity contribution in [3.8, 4) is 0 Å². The largest absolute Gasteiger partial charge is 0.481 e. The summed E-state index contributed by atoms with van der Waals surface area (Å²) >= 11 is 3.59. The smallest absolute Gasteiger partial charge is 0.310 e. The number of carbonyl (C=O) groups excluding carboxylic acids is 2. The summed E-state index contributed by atoms with van der Waals surface area (Å²) in [6.45, 7) is 15.0. The molecule has 198 valence electrons. The molecule has 3 rings (SSSR count). The first-order valence-corrected chi connectivity index (χ1v) is 13.5. The molecule has 35 heavy (non-hydrogen) atoms. The first-order valence-electron chi connectivity index (χ1n) is 12.6. The number of ether oxygens (including phenoxy) is 1. The highest BCUT2D eigenvalue weighted by Gasteiger charge is 2.77. The Morgan fingerprint density at radius 2 is 1.91 bits per heavy atom. The monoisotopic (exact) mass is 556 g/mol. The van der Waals surface area contributed by atoms with Crippen LogP contribution in [0.5, 0.6) is 0 Å². The molecule has 0 aromatic rings. The number of alkyl halides is 1. The van der Waals surface area contributed by atoms with Crippen molar-refractivity contribution in [3.05, 3.63) is 12.7 Å². The Kier molecular flexibility index (Phi) is 8.14. The lowest BCUT2D eigenvalue weighted by Gasteiger charge is -2.45. The molecule has 2 amide bonds. The second-order valence-corrected chi connectivity index (χ2v) is 13.3. The molecular weight excluding hydrogens is 516 g/mol. The third-order valence-corrected chi connectivity index (χ3v) is 8.48. The Bertz CT molecular complexity index is 855. The molecule has 3 fully saturated rings. The average Bonchev–Trinajstić information content (AvgIpc) is 3.31. The number of unbranched alkanes of at least 4 members (excludes halogenated alkanes) is 2. The van der Waals surface area contributed by atoms with E-state index in [1.165, 1.54) is 0 Å². The summed E-state index contributed by atoms with van der Waals surface area (Å²) < 4.78 is 6.37. The van der Waals surface area contributed by atoms with Gasteiger partial charge >= 0.3 is 5.97 Å². The number of amides is 2. The van der Waals surface area contributed by atoms with Gasteiger partial charge in [0.15, 0.2) is 0 Å². The van der Waals surface area contributed by atoms with Crippen LogP contribution in [-0.4, -0.2) is 85.6 Å². The maximum atomic E-state index is 14.4. The van der Waals surface area contributed by atoms with Crippen molar-refractivity contribution in [1.29, 1.82) is 0 Å². The van der Waals surface area contributed by atoms with E-state index >= 15 is 0 Å². The topological polar surface area (TPSA) is 107 Å². The van der Waals surface area contributed by atoms with E-state index < -0.39 is 41.1 Å². The Morgan fingerprint density at radius 3 is 2.46 bits per heavy atom. The first kappa shape index (κ1) is 28.1. The Morgan fingerprint density at radius 1 is 1.26 bits per heavy atom. The minimum Gasteiger partial charge on any atom is -0.481 e. The van der Waals surface area contributed by atoms with Crippen LogP contribution in [0.15, 0.2) is 12.7 Å². The summed E-state index contributed by atoms with van der Waals surface area (Å²) in [5, 5.41) is 19.2. The van der Waals surface area contributed by atoms with Crippen LogP contribution in [0.3, 0.4) is 0 Å². The van der Waals surface area contributed by atoms with Crippen LogP contribution < -0.4 is 0 Å². The van der Waals surface area contributed by atoms with E-state index in [9.17, 15) is 19.5 Å². The van der Waals surface area contributed by atoms with Gasteiger partial charge in [-0.2, -0.15) is 0 Å². The number of aliphatic hydroxyl groups is 1. The minimum atomic E-state index is -1.18. The molecule has 3 saturated heterocycles. The maximum absolute atomic E-state index is 14.4. The molecule has 3 heterocycles. The van der Waals surface area contributed by atoms with Crippen molar-refractivity contribution in [2.24, 2.45) is 17.3 Å². The van der Waals surface area contributed by atoms with Crippen LogP contribution in [0.4, 0.5) is 0 Å². The summed E-state index contributed by atoms with van der Waals surface area (Å²) in [4.78, 5) is 43.5. The number of aliphatic hydroxyl groups excluding tert-OH is 1. The SMILES string of the molecule is C=CCN(C(=O)[C@@H]1N(CCCCCO)C(=O)[C@H]2[C@H](C(=O)O)[C@H]3O[C@@]12CC3Br)C(C)(C)CC(C)(C)C. The highest BCUT2D eigenvalue weighted by atomic mass is 79.9. The number of carboxylic acids is 1. The molecule has 3 aliphatic rings. The van der Waals surface area contributed by atoms with E-state index in [1.54, 1.807) is 15.9 Å². The van der Waals surface area contributed by atoms with Gasteiger partial charge in [-0.1, -0.05) is 42.8 Å². The number of halogens is 1. The number of carboxylic acid groups (broad SMARTS) is 1. The second kappa shape index (κ2) is 10.1. The molecule has 6 atom stereocenters.